The highest BCUT2D eigenvalue weighted by Gasteiger charge is 2.42. The number of benzene rings is 1. The highest BCUT2D eigenvalue weighted by atomic mass is 16.5. The van der Waals surface area contributed by atoms with Gasteiger partial charge in [0.2, 0.25) is 11.8 Å². The average Bonchev–Trinajstić information content (AvgIpc) is 3.07. The van der Waals surface area contributed by atoms with Gasteiger partial charge in [0.15, 0.2) is 0 Å². The Bertz CT molecular complexity index is 642. The van der Waals surface area contributed by atoms with Gasteiger partial charge in [0, 0.05) is 20.1 Å². The molecule has 0 bridgehead atoms. The molecule has 8 heteroatoms. The van der Waals surface area contributed by atoms with Gasteiger partial charge in [-0.25, -0.2) is 4.79 Å². The first kappa shape index (κ1) is 18.0. The summed E-state index contributed by atoms with van der Waals surface area (Å²) >= 11 is 0. The Morgan fingerprint density at radius 2 is 2.12 bits per heavy atom. The second-order valence-corrected chi connectivity index (χ2v) is 6.60. The molecular formula is C18H24N4O4. The van der Waals surface area contributed by atoms with Crippen LogP contribution < -0.4 is 15.4 Å². The van der Waals surface area contributed by atoms with Crippen molar-refractivity contribution in [2.75, 3.05) is 33.3 Å². The van der Waals surface area contributed by atoms with Crippen molar-refractivity contribution in [2.24, 2.45) is 0 Å². The maximum Gasteiger partial charge on any atom is 0.317 e. The van der Waals surface area contributed by atoms with Crippen LogP contribution in [-0.4, -0.2) is 73.0 Å². The molecule has 0 unspecified atom stereocenters. The van der Waals surface area contributed by atoms with E-state index >= 15 is 0 Å². The third kappa shape index (κ3) is 4.25. The highest BCUT2D eigenvalue weighted by molar-refractivity contribution is 5.95. The summed E-state index contributed by atoms with van der Waals surface area (Å²) in [6.45, 7) is 1.50. The van der Waals surface area contributed by atoms with Gasteiger partial charge in [0.25, 0.3) is 0 Å². The third-order valence-corrected chi connectivity index (χ3v) is 4.66. The first-order chi connectivity index (χ1) is 12.5. The third-order valence-electron chi connectivity index (χ3n) is 4.66. The van der Waals surface area contributed by atoms with E-state index in [0.29, 0.717) is 32.5 Å². The summed E-state index contributed by atoms with van der Waals surface area (Å²) in [6.07, 6.45) is 1.16. The van der Waals surface area contributed by atoms with E-state index in [1.54, 1.807) is 16.8 Å². The summed E-state index contributed by atoms with van der Waals surface area (Å²) in [5, 5.41) is 5.49. The standard InChI is InChI=1S/C18H24N4O4/c1-21(8-5-9-26-14-6-3-2-4-7-14)18(25)20-13-10-15-17(24)19-11-16(23)22(15)12-13/h2-4,6-7,13,15H,5,8-12H2,1H3,(H,19,24)(H,20,25)/t13-,15-/m0/s1. The molecule has 0 saturated carbocycles. The molecule has 1 aromatic carbocycles. The van der Waals surface area contributed by atoms with E-state index in [0.717, 1.165) is 5.75 Å². The summed E-state index contributed by atoms with van der Waals surface area (Å²) in [7, 11) is 1.72. The number of para-hydroxylation sites is 1. The largest absolute Gasteiger partial charge is 0.494 e. The molecule has 140 valence electrons. The molecule has 2 fully saturated rings. The highest BCUT2D eigenvalue weighted by Crippen LogP contribution is 2.20. The van der Waals surface area contributed by atoms with E-state index < -0.39 is 6.04 Å². The molecule has 26 heavy (non-hydrogen) atoms. The minimum atomic E-state index is -0.467. The first-order valence-corrected chi connectivity index (χ1v) is 8.81. The zero-order chi connectivity index (χ0) is 18.5. The van der Waals surface area contributed by atoms with Crippen LogP contribution in [0.2, 0.25) is 0 Å². The van der Waals surface area contributed by atoms with Crippen molar-refractivity contribution in [3.8, 4) is 5.75 Å². The van der Waals surface area contributed by atoms with Gasteiger partial charge in [-0.3, -0.25) is 9.59 Å². The maximum atomic E-state index is 12.3. The fourth-order valence-electron chi connectivity index (χ4n) is 3.24. The molecule has 2 N–H and O–H groups in total. The Balaban J connectivity index is 1.39. The van der Waals surface area contributed by atoms with E-state index in [2.05, 4.69) is 10.6 Å². The van der Waals surface area contributed by atoms with Crippen molar-refractivity contribution in [3.63, 3.8) is 0 Å². The van der Waals surface area contributed by atoms with Gasteiger partial charge in [0.1, 0.15) is 11.8 Å². The van der Waals surface area contributed by atoms with Gasteiger partial charge in [-0.1, -0.05) is 18.2 Å². The van der Waals surface area contributed by atoms with E-state index in [4.69, 9.17) is 4.74 Å². The lowest BCUT2D eigenvalue weighted by Crippen LogP contribution is -2.55. The van der Waals surface area contributed by atoms with Crippen LogP contribution >= 0.6 is 0 Å². The number of hydrogen-bond acceptors (Lipinski definition) is 4. The molecule has 3 rings (SSSR count). The quantitative estimate of drug-likeness (QED) is 0.709. The topological polar surface area (TPSA) is 91.0 Å². The van der Waals surface area contributed by atoms with Gasteiger partial charge in [-0.15, -0.1) is 0 Å². The van der Waals surface area contributed by atoms with Crippen LogP contribution in [-0.2, 0) is 9.59 Å². The lowest BCUT2D eigenvalue weighted by atomic mass is 10.1. The summed E-state index contributed by atoms with van der Waals surface area (Å²) in [6, 6.07) is 8.66. The number of carbonyl (C=O) groups is 3. The zero-order valence-corrected chi connectivity index (χ0v) is 14.8. The average molecular weight is 360 g/mol. The van der Waals surface area contributed by atoms with Crippen LogP contribution in [0.1, 0.15) is 12.8 Å². The van der Waals surface area contributed by atoms with Crippen molar-refractivity contribution >= 4 is 17.8 Å². The molecule has 0 aliphatic carbocycles. The van der Waals surface area contributed by atoms with Gasteiger partial charge in [-0.2, -0.15) is 0 Å². The van der Waals surface area contributed by atoms with Crippen molar-refractivity contribution in [1.29, 1.82) is 0 Å². The number of piperazine rings is 1. The molecule has 0 spiro atoms. The molecule has 2 saturated heterocycles. The van der Waals surface area contributed by atoms with Gasteiger partial charge in [-0.05, 0) is 25.0 Å². The Morgan fingerprint density at radius 1 is 1.35 bits per heavy atom. The Labute approximate surface area is 152 Å². The Kier molecular flexibility index (Phi) is 5.60. The maximum absolute atomic E-state index is 12.3. The number of amides is 4. The molecule has 2 aliphatic rings. The number of hydrogen-bond donors (Lipinski definition) is 2. The number of nitrogens with one attached hydrogen (secondary N) is 2. The second kappa shape index (κ2) is 8.07. The molecule has 8 nitrogen and oxygen atoms in total. The zero-order valence-electron chi connectivity index (χ0n) is 14.8. The molecule has 1 aromatic rings. The summed E-state index contributed by atoms with van der Waals surface area (Å²) in [5.74, 6) is 0.565. The number of fused-ring (bicyclic) bond motifs is 1. The summed E-state index contributed by atoms with van der Waals surface area (Å²) in [5.41, 5.74) is 0. The van der Waals surface area contributed by atoms with Crippen molar-refractivity contribution in [2.45, 2.75) is 24.9 Å². The molecule has 0 aromatic heterocycles. The molecule has 4 amide bonds. The van der Waals surface area contributed by atoms with Crippen molar-refractivity contribution in [1.82, 2.24) is 20.4 Å². The summed E-state index contributed by atoms with van der Waals surface area (Å²) in [4.78, 5) is 39.1. The van der Waals surface area contributed by atoms with Crippen LogP contribution in [0.4, 0.5) is 4.79 Å². The molecule has 2 aliphatic heterocycles. The number of nitrogens with zero attached hydrogens (tertiary/aromatic N) is 2. The number of urea groups is 1. The van der Waals surface area contributed by atoms with Crippen LogP contribution in [0.5, 0.6) is 5.75 Å². The fourth-order valence-corrected chi connectivity index (χ4v) is 3.24. The smallest absolute Gasteiger partial charge is 0.317 e. The number of ether oxygens (including phenoxy) is 1. The minimum absolute atomic E-state index is 0.0390. The normalized spacial score (nSPS) is 21.8. The van der Waals surface area contributed by atoms with Crippen LogP contribution in [0.3, 0.4) is 0 Å². The number of rotatable bonds is 6. The van der Waals surface area contributed by atoms with Crippen LogP contribution in [0, 0.1) is 0 Å². The minimum Gasteiger partial charge on any atom is -0.494 e. The summed E-state index contributed by atoms with van der Waals surface area (Å²) < 4.78 is 5.61. The molecule has 0 radical (unpaired) electrons. The predicted octanol–water partition coefficient (Wildman–Crippen LogP) is 0.196. The van der Waals surface area contributed by atoms with E-state index in [1.807, 2.05) is 30.3 Å². The van der Waals surface area contributed by atoms with E-state index in [9.17, 15) is 14.4 Å². The van der Waals surface area contributed by atoms with E-state index in [1.165, 1.54) is 0 Å². The van der Waals surface area contributed by atoms with Crippen molar-refractivity contribution < 1.29 is 19.1 Å². The second-order valence-electron chi connectivity index (χ2n) is 6.60. The van der Waals surface area contributed by atoms with E-state index in [-0.39, 0.29) is 30.4 Å². The number of carbonyl (C=O) groups excluding carboxylic acids is 3. The lowest BCUT2D eigenvalue weighted by Gasteiger charge is -2.28. The monoisotopic (exact) mass is 360 g/mol. The lowest BCUT2D eigenvalue weighted by molar-refractivity contribution is -0.143. The molecule has 2 heterocycles. The molecule has 2 atom stereocenters. The fraction of sp³-hybridized carbons (Fsp3) is 0.500. The molecular weight excluding hydrogens is 336 g/mol. The van der Waals surface area contributed by atoms with Gasteiger partial charge >= 0.3 is 6.03 Å². The Hall–Kier alpha value is -2.77. The van der Waals surface area contributed by atoms with Gasteiger partial charge in [0.05, 0.1) is 19.2 Å². The van der Waals surface area contributed by atoms with Gasteiger partial charge < -0.3 is 25.2 Å². The van der Waals surface area contributed by atoms with Crippen LogP contribution in [0.25, 0.3) is 0 Å². The predicted molar refractivity (Wildman–Crippen MR) is 94.6 cm³/mol. The SMILES string of the molecule is CN(CCCOc1ccccc1)C(=O)N[C@H]1C[C@H]2C(=O)NCC(=O)N2C1. The van der Waals surface area contributed by atoms with Crippen molar-refractivity contribution in [3.05, 3.63) is 30.3 Å². The van der Waals surface area contributed by atoms with Crippen LogP contribution in [0.15, 0.2) is 30.3 Å². The Morgan fingerprint density at radius 3 is 2.85 bits per heavy atom. The first-order valence-electron chi connectivity index (χ1n) is 8.81.